The van der Waals surface area contributed by atoms with Crippen molar-refractivity contribution in [1.82, 2.24) is 25.4 Å². The lowest BCUT2D eigenvalue weighted by Crippen LogP contribution is -2.59. The molecule has 2 saturated carbocycles. The Morgan fingerprint density at radius 2 is 1.86 bits per heavy atom. The van der Waals surface area contributed by atoms with Crippen LogP contribution in [0.2, 0.25) is 0 Å². The maximum atomic E-state index is 14.7. The molecule has 14 nitrogen and oxygen atoms in total. The van der Waals surface area contributed by atoms with Crippen molar-refractivity contribution >= 4 is 34.8 Å². The summed E-state index contributed by atoms with van der Waals surface area (Å²) in [5.74, 6) is -1.32. The molecule has 1 aromatic heterocycles. The lowest BCUT2D eigenvalue weighted by Gasteiger charge is -2.35. The van der Waals surface area contributed by atoms with Crippen LogP contribution in [-0.4, -0.2) is 120 Å². The molecule has 0 unspecified atom stereocenters. The van der Waals surface area contributed by atoms with Gasteiger partial charge >= 0.3 is 12.1 Å². The predicted octanol–water partition coefficient (Wildman–Crippen LogP) is 4.87. The van der Waals surface area contributed by atoms with Crippen LogP contribution >= 0.6 is 0 Å². The number of carboxylic acids is 1. The minimum Gasteiger partial charge on any atom is -0.491 e. The number of para-hydroxylation sites is 1. The van der Waals surface area contributed by atoms with Gasteiger partial charge in [-0.1, -0.05) is 51.8 Å². The number of nitrogens with one attached hydrogen (secondary N) is 2. The van der Waals surface area contributed by atoms with Crippen molar-refractivity contribution < 1.29 is 43.2 Å². The molecule has 7 rings (SSSR count). The second kappa shape index (κ2) is 17.2. The number of amides is 3. The zero-order valence-corrected chi connectivity index (χ0v) is 33.6. The van der Waals surface area contributed by atoms with Crippen molar-refractivity contribution in [2.24, 2.45) is 17.3 Å². The normalized spacial score (nSPS) is 30.1. The Balaban J connectivity index is 1.25. The lowest BCUT2D eigenvalue weighted by molar-refractivity contribution is -0.146. The van der Waals surface area contributed by atoms with Crippen molar-refractivity contribution in [3.8, 4) is 11.6 Å². The highest BCUT2D eigenvalue weighted by Crippen LogP contribution is 2.45. The summed E-state index contributed by atoms with van der Waals surface area (Å²) in [6, 6.07) is 5.71. The summed E-state index contributed by atoms with van der Waals surface area (Å²) in [6.45, 7) is 13.6. The van der Waals surface area contributed by atoms with Crippen LogP contribution in [0.5, 0.6) is 11.6 Å². The summed E-state index contributed by atoms with van der Waals surface area (Å²) in [4.78, 5) is 63.7. The molecule has 0 spiro atoms. The molecule has 2 bridgehead atoms. The Hall–Kier alpha value is -4.43. The molecule has 4 fully saturated rings. The number of carbonyl (C=O) groups excluding carboxylic acids is 3. The summed E-state index contributed by atoms with van der Waals surface area (Å²) in [5.41, 5.74) is -0.710. The van der Waals surface area contributed by atoms with Gasteiger partial charge in [0.2, 0.25) is 17.7 Å². The Labute approximate surface area is 335 Å². The molecule has 5 aliphatic rings. The third-order valence-electron chi connectivity index (χ3n) is 12.5. The van der Waals surface area contributed by atoms with Crippen LogP contribution in [0.1, 0.15) is 84.1 Å². The molecule has 310 valence electrons. The number of carboxylic acid groups (broad SMARTS) is 1. The van der Waals surface area contributed by atoms with Crippen molar-refractivity contribution in [1.29, 1.82) is 0 Å². The standard InChI is InChI=1S/C43H59N5O9/c1-5-28-25-43(28,40(51)52)46-37(49)33-24-29-26-48(33)39(50)36(42(2,3)4)45-41(53)57-34-17-11-13-27(34)12-7-6-8-15-31-35(55-23-20-47-18-21-54-22-19-47)30-14-9-10-16-32(30)44-38(31)56-29/h5,9-10,14,16,27-29,33-34,36H,1,6-8,11-13,15,17-26H2,2-4H3,(H,45,53)(H,46,49)(H,51,52)/t27-,28-,29-,33+,34-,36-,43-/m1/s1. The van der Waals surface area contributed by atoms with Gasteiger partial charge in [0.15, 0.2) is 0 Å². The monoisotopic (exact) mass is 789 g/mol. The van der Waals surface area contributed by atoms with Gasteiger partial charge in [-0.25, -0.2) is 14.6 Å². The number of ether oxygens (including phenoxy) is 4. The Kier molecular flexibility index (Phi) is 12.3. The minimum atomic E-state index is -1.50. The topological polar surface area (TPSA) is 169 Å². The van der Waals surface area contributed by atoms with Crippen LogP contribution in [-0.2, 0) is 30.3 Å². The average Bonchev–Trinajstić information content (AvgIpc) is 3.46. The van der Waals surface area contributed by atoms with Gasteiger partial charge in [-0.15, -0.1) is 6.58 Å². The molecular formula is C43H59N5O9. The number of pyridine rings is 1. The summed E-state index contributed by atoms with van der Waals surface area (Å²) in [5, 5.41) is 16.7. The first-order valence-corrected chi connectivity index (χ1v) is 20.8. The molecular weight excluding hydrogens is 730 g/mol. The lowest BCUT2D eigenvalue weighted by atomic mass is 9.85. The van der Waals surface area contributed by atoms with Crippen LogP contribution in [0, 0.1) is 17.3 Å². The second-order valence-electron chi connectivity index (χ2n) is 17.5. The van der Waals surface area contributed by atoms with Gasteiger partial charge < -0.3 is 39.6 Å². The van der Waals surface area contributed by atoms with Crippen molar-refractivity contribution in [2.75, 3.05) is 46.0 Å². The highest BCUT2D eigenvalue weighted by molar-refractivity contribution is 5.96. The highest BCUT2D eigenvalue weighted by atomic mass is 16.6. The van der Waals surface area contributed by atoms with Crippen LogP contribution < -0.4 is 20.1 Å². The fraction of sp³-hybridized carbons (Fsp3) is 0.651. The summed E-state index contributed by atoms with van der Waals surface area (Å²) in [6.07, 6.45) is 7.30. The van der Waals surface area contributed by atoms with E-state index >= 15 is 0 Å². The fourth-order valence-electron chi connectivity index (χ4n) is 9.11. The van der Waals surface area contributed by atoms with Gasteiger partial charge in [0.1, 0.15) is 42.2 Å². The Bertz CT molecular complexity index is 1830. The van der Waals surface area contributed by atoms with E-state index in [1.807, 2.05) is 45.0 Å². The van der Waals surface area contributed by atoms with Crippen LogP contribution in [0.25, 0.3) is 10.9 Å². The molecule has 57 heavy (non-hydrogen) atoms. The van der Waals surface area contributed by atoms with Crippen molar-refractivity contribution in [3.05, 3.63) is 42.5 Å². The molecule has 3 amide bonds. The van der Waals surface area contributed by atoms with Gasteiger partial charge in [0.05, 0.1) is 30.8 Å². The number of morpholine rings is 1. The number of fused-ring (bicyclic) bond motifs is 5. The zero-order valence-electron chi connectivity index (χ0n) is 33.6. The highest BCUT2D eigenvalue weighted by Gasteiger charge is 2.61. The third kappa shape index (κ3) is 9.01. The third-order valence-corrected chi connectivity index (χ3v) is 12.5. The van der Waals surface area contributed by atoms with Crippen molar-refractivity contribution in [2.45, 2.75) is 115 Å². The molecule has 14 heteroatoms. The molecule has 0 radical (unpaired) electrons. The second-order valence-corrected chi connectivity index (χ2v) is 17.5. The summed E-state index contributed by atoms with van der Waals surface area (Å²) >= 11 is 0. The maximum absolute atomic E-state index is 14.7. The number of aromatic nitrogens is 1. The van der Waals surface area contributed by atoms with Crippen LogP contribution in [0.3, 0.4) is 0 Å². The summed E-state index contributed by atoms with van der Waals surface area (Å²) in [7, 11) is 0. The smallest absolute Gasteiger partial charge is 0.408 e. The van der Waals surface area contributed by atoms with Gasteiger partial charge in [-0.2, -0.15) is 0 Å². The SMILES string of the molecule is C=C[C@@H]1C[C@]1(NC(=O)[C@@H]1C[C@@H]2CN1C(=O)[C@H](C(C)(C)C)NC(=O)O[C@@H]1CCC[C@H]1CCCCCc1c(nc3ccccc3c1OCCN1CCOCC1)O2)C(=O)O. The molecule has 2 saturated heterocycles. The van der Waals surface area contributed by atoms with Crippen LogP contribution in [0.4, 0.5) is 4.79 Å². The van der Waals surface area contributed by atoms with Gasteiger partial charge in [0.25, 0.3) is 0 Å². The zero-order chi connectivity index (χ0) is 40.3. The van der Waals surface area contributed by atoms with E-state index in [2.05, 4.69) is 22.1 Å². The molecule has 3 N–H and O–H groups in total. The summed E-state index contributed by atoms with van der Waals surface area (Å²) < 4.78 is 25.1. The van der Waals surface area contributed by atoms with Gasteiger partial charge in [-0.05, 0) is 68.4 Å². The fourth-order valence-corrected chi connectivity index (χ4v) is 9.11. The Morgan fingerprint density at radius 3 is 2.60 bits per heavy atom. The van der Waals surface area contributed by atoms with E-state index < -0.39 is 58.9 Å². The van der Waals surface area contributed by atoms with Gasteiger partial charge in [-0.3, -0.25) is 14.5 Å². The number of rotatable bonds is 8. The molecule has 2 aliphatic carbocycles. The molecule has 3 aliphatic heterocycles. The first kappa shape index (κ1) is 40.8. The number of alkyl carbamates (subject to hydrolysis) is 1. The van der Waals surface area contributed by atoms with E-state index in [0.29, 0.717) is 37.6 Å². The van der Waals surface area contributed by atoms with E-state index in [-0.39, 0.29) is 31.4 Å². The first-order valence-electron chi connectivity index (χ1n) is 20.8. The molecule has 2 aromatic rings. The quantitative estimate of drug-likeness (QED) is 0.312. The average molecular weight is 790 g/mol. The predicted molar refractivity (Wildman–Crippen MR) is 212 cm³/mol. The Morgan fingerprint density at radius 1 is 1.09 bits per heavy atom. The van der Waals surface area contributed by atoms with Crippen LogP contribution in [0.15, 0.2) is 36.9 Å². The van der Waals surface area contributed by atoms with E-state index in [0.717, 1.165) is 81.3 Å². The largest absolute Gasteiger partial charge is 0.491 e. The van der Waals surface area contributed by atoms with E-state index in [1.165, 1.54) is 11.0 Å². The van der Waals surface area contributed by atoms with E-state index in [4.69, 9.17) is 23.9 Å². The number of hydrogen-bond donors (Lipinski definition) is 3. The van der Waals surface area contributed by atoms with E-state index in [9.17, 15) is 24.3 Å². The van der Waals surface area contributed by atoms with E-state index in [1.54, 1.807) is 0 Å². The number of benzene rings is 1. The van der Waals surface area contributed by atoms with Crippen molar-refractivity contribution in [3.63, 3.8) is 0 Å². The number of aliphatic carboxylic acids is 1. The molecule has 7 atom stereocenters. The number of hydrogen-bond acceptors (Lipinski definition) is 10. The molecule has 4 heterocycles. The van der Waals surface area contributed by atoms with Gasteiger partial charge in [0, 0.05) is 37.4 Å². The maximum Gasteiger partial charge on any atom is 0.408 e. The number of carbonyl (C=O) groups is 4. The molecule has 1 aromatic carbocycles. The minimum absolute atomic E-state index is 0.0110. The number of nitrogens with zero attached hydrogens (tertiary/aromatic N) is 3. The first-order chi connectivity index (χ1) is 27.4.